The summed E-state index contributed by atoms with van der Waals surface area (Å²) >= 11 is 5.96. The molecule has 1 aromatic heterocycles. The summed E-state index contributed by atoms with van der Waals surface area (Å²) in [5, 5.41) is 11.0. The molecule has 0 atom stereocenters. The highest BCUT2D eigenvalue weighted by molar-refractivity contribution is 6.33. The normalized spacial score (nSPS) is 10.2. The van der Waals surface area contributed by atoms with Gasteiger partial charge in [0.1, 0.15) is 0 Å². The largest absolute Gasteiger partial charge is 0.337 e. The summed E-state index contributed by atoms with van der Waals surface area (Å²) in [6, 6.07) is 7.41. The van der Waals surface area contributed by atoms with Crippen molar-refractivity contribution in [2.45, 2.75) is 6.54 Å². The average Bonchev–Trinajstić information content (AvgIpc) is 2.47. The molecule has 1 amide bonds. The zero-order valence-corrected chi connectivity index (χ0v) is 11.9. The number of halogens is 1. The second kappa shape index (κ2) is 6.32. The molecule has 108 valence electrons. The Hall–Kier alpha value is -2.47. The number of hydrogen-bond acceptors (Lipinski definition) is 4. The van der Waals surface area contributed by atoms with Crippen LogP contribution in [0.2, 0.25) is 5.02 Å². The molecule has 21 heavy (non-hydrogen) atoms. The maximum absolute atomic E-state index is 12.3. The molecule has 0 spiro atoms. The molecule has 2 aromatic rings. The number of aromatic nitrogens is 1. The van der Waals surface area contributed by atoms with E-state index in [0.29, 0.717) is 6.54 Å². The Balaban J connectivity index is 2.23. The van der Waals surface area contributed by atoms with Crippen molar-refractivity contribution in [3.8, 4) is 0 Å². The van der Waals surface area contributed by atoms with Crippen molar-refractivity contribution in [1.29, 1.82) is 0 Å². The number of nitro groups is 1. The van der Waals surface area contributed by atoms with E-state index in [1.54, 1.807) is 25.5 Å². The second-order valence-corrected chi connectivity index (χ2v) is 4.85. The van der Waals surface area contributed by atoms with E-state index in [2.05, 4.69) is 4.98 Å². The van der Waals surface area contributed by atoms with Crippen molar-refractivity contribution >= 4 is 23.2 Å². The third-order valence-corrected chi connectivity index (χ3v) is 3.21. The summed E-state index contributed by atoms with van der Waals surface area (Å²) in [7, 11) is 1.60. The third kappa shape index (κ3) is 3.55. The number of non-ortho nitro benzene ring substituents is 1. The predicted octanol–water partition coefficient (Wildman–Crippen LogP) is 2.92. The van der Waals surface area contributed by atoms with Gasteiger partial charge in [-0.3, -0.25) is 19.9 Å². The Morgan fingerprint density at radius 2 is 2.19 bits per heavy atom. The summed E-state index contributed by atoms with van der Waals surface area (Å²) in [5.74, 6) is -0.382. The minimum atomic E-state index is -0.561. The van der Waals surface area contributed by atoms with Crippen LogP contribution in [-0.4, -0.2) is 27.8 Å². The Bertz CT molecular complexity index is 676. The van der Waals surface area contributed by atoms with Gasteiger partial charge in [0.2, 0.25) is 0 Å². The van der Waals surface area contributed by atoms with Gasteiger partial charge in [0.25, 0.3) is 11.6 Å². The smallest absolute Gasteiger partial charge is 0.270 e. The van der Waals surface area contributed by atoms with Crippen LogP contribution in [0.15, 0.2) is 42.7 Å². The summed E-state index contributed by atoms with van der Waals surface area (Å²) in [5.41, 5.74) is 0.796. The molecule has 0 unspecified atom stereocenters. The van der Waals surface area contributed by atoms with E-state index in [-0.39, 0.29) is 22.2 Å². The molecule has 1 heterocycles. The molecule has 0 fully saturated rings. The van der Waals surface area contributed by atoms with Crippen LogP contribution in [0.3, 0.4) is 0 Å². The monoisotopic (exact) mass is 305 g/mol. The molecule has 0 aliphatic carbocycles. The van der Waals surface area contributed by atoms with Gasteiger partial charge in [0.05, 0.1) is 15.5 Å². The van der Waals surface area contributed by atoms with Gasteiger partial charge in [0.15, 0.2) is 0 Å². The van der Waals surface area contributed by atoms with E-state index >= 15 is 0 Å². The van der Waals surface area contributed by atoms with Crippen LogP contribution < -0.4 is 0 Å². The Morgan fingerprint density at radius 1 is 1.43 bits per heavy atom. The number of nitrogens with zero attached hydrogens (tertiary/aromatic N) is 3. The molecule has 1 aromatic carbocycles. The van der Waals surface area contributed by atoms with Crippen LogP contribution >= 0.6 is 11.6 Å². The molecule has 2 rings (SSSR count). The minimum absolute atomic E-state index is 0.109. The molecule has 0 saturated heterocycles. The van der Waals surface area contributed by atoms with E-state index in [4.69, 9.17) is 11.6 Å². The molecule has 7 heteroatoms. The van der Waals surface area contributed by atoms with E-state index in [1.165, 1.54) is 23.1 Å². The lowest BCUT2D eigenvalue weighted by Crippen LogP contribution is -2.26. The van der Waals surface area contributed by atoms with E-state index in [1.807, 2.05) is 6.07 Å². The Morgan fingerprint density at radius 3 is 2.81 bits per heavy atom. The van der Waals surface area contributed by atoms with E-state index < -0.39 is 4.92 Å². The number of nitro benzene ring substituents is 1. The number of hydrogen-bond donors (Lipinski definition) is 0. The van der Waals surface area contributed by atoms with Crippen LogP contribution in [0.4, 0.5) is 5.69 Å². The molecule has 0 radical (unpaired) electrons. The first kappa shape index (κ1) is 14.9. The quantitative estimate of drug-likeness (QED) is 0.643. The van der Waals surface area contributed by atoms with Crippen LogP contribution in [0.25, 0.3) is 0 Å². The standard InChI is InChI=1S/C14H12ClN3O3/c1-17(9-10-3-2-6-16-8-10)14(19)12-7-11(18(20)21)4-5-13(12)15/h2-8H,9H2,1H3. The lowest BCUT2D eigenvalue weighted by molar-refractivity contribution is -0.384. The first-order chi connectivity index (χ1) is 9.99. The maximum Gasteiger partial charge on any atom is 0.270 e. The molecule has 0 N–H and O–H groups in total. The van der Waals surface area contributed by atoms with E-state index in [9.17, 15) is 14.9 Å². The van der Waals surface area contributed by atoms with Crippen molar-refractivity contribution in [1.82, 2.24) is 9.88 Å². The molecule has 6 nitrogen and oxygen atoms in total. The highest BCUT2D eigenvalue weighted by atomic mass is 35.5. The fourth-order valence-corrected chi connectivity index (χ4v) is 2.03. The lowest BCUT2D eigenvalue weighted by atomic mass is 10.1. The Kier molecular flexibility index (Phi) is 4.49. The summed E-state index contributed by atoms with van der Waals surface area (Å²) in [6.07, 6.45) is 3.29. The Labute approximate surface area is 126 Å². The van der Waals surface area contributed by atoms with Gasteiger partial charge in [-0.05, 0) is 17.7 Å². The molecule has 0 bridgehead atoms. The number of carbonyl (C=O) groups is 1. The number of pyridine rings is 1. The van der Waals surface area contributed by atoms with Gasteiger partial charge in [-0.25, -0.2) is 0 Å². The van der Waals surface area contributed by atoms with Crippen LogP contribution in [-0.2, 0) is 6.54 Å². The third-order valence-electron chi connectivity index (χ3n) is 2.88. The van der Waals surface area contributed by atoms with Crippen molar-refractivity contribution in [2.75, 3.05) is 7.05 Å². The highest BCUT2D eigenvalue weighted by Gasteiger charge is 2.19. The molecular weight excluding hydrogens is 294 g/mol. The molecule has 0 saturated carbocycles. The number of benzene rings is 1. The van der Waals surface area contributed by atoms with Gasteiger partial charge in [-0.2, -0.15) is 0 Å². The van der Waals surface area contributed by atoms with Crippen molar-refractivity contribution in [3.05, 3.63) is 69.0 Å². The van der Waals surface area contributed by atoms with Crippen molar-refractivity contribution in [2.24, 2.45) is 0 Å². The minimum Gasteiger partial charge on any atom is -0.337 e. The van der Waals surface area contributed by atoms with Gasteiger partial charge >= 0.3 is 0 Å². The predicted molar refractivity (Wildman–Crippen MR) is 78.1 cm³/mol. The number of amides is 1. The van der Waals surface area contributed by atoms with Crippen LogP contribution in [0, 0.1) is 10.1 Å². The maximum atomic E-state index is 12.3. The zero-order chi connectivity index (χ0) is 15.4. The topological polar surface area (TPSA) is 76.3 Å². The van der Waals surface area contributed by atoms with E-state index in [0.717, 1.165) is 5.56 Å². The van der Waals surface area contributed by atoms with Gasteiger partial charge in [-0.15, -0.1) is 0 Å². The fraction of sp³-hybridized carbons (Fsp3) is 0.143. The van der Waals surface area contributed by atoms with Gasteiger partial charge < -0.3 is 4.90 Å². The summed E-state index contributed by atoms with van der Waals surface area (Å²) < 4.78 is 0. The average molecular weight is 306 g/mol. The van der Waals surface area contributed by atoms with Crippen LogP contribution in [0.5, 0.6) is 0 Å². The fourth-order valence-electron chi connectivity index (χ4n) is 1.83. The highest BCUT2D eigenvalue weighted by Crippen LogP contribution is 2.23. The SMILES string of the molecule is CN(Cc1cccnc1)C(=O)c1cc([N+](=O)[O-])ccc1Cl. The summed E-state index contributed by atoms with van der Waals surface area (Å²) in [4.78, 5) is 28.0. The first-order valence-electron chi connectivity index (χ1n) is 6.07. The summed E-state index contributed by atoms with van der Waals surface area (Å²) in [6.45, 7) is 0.339. The zero-order valence-electron chi connectivity index (χ0n) is 11.2. The molecule has 0 aliphatic heterocycles. The van der Waals surface area contributed by atoms with Gasteiger partial charge in [-0.1, -0.05) is 17.7 Å². The number of rotatable bonds is 4. The second-order valence-electron chi connectivity index (χ2n) is 4.44. The van der Waals surface area contributed by atoms with Crippen molar-refractivity contribution < 1.29 is 9.72 Å². The van der Waals surface area contributed by atoms with Crippen LogP contribution in [0.1, 0.15) is 15.9 Å². The molecular formula is C14H12ClN3O3. The lowest BCUT2D eigenvalue weighted by Gasteiger charge is -2.17. The van der Waals surface area contributed by atoms with Gasteiger partial charge in [0, 0.05) is 38.1 Å². The molecule has 0 aliphatic rings. The number of carbonyl (C=O) groups excluding carboxylic acids is 1. The first-order valence-corrected chi connectivity index (χ1v) is 6.45. The van der Waals surface area contributed by atoms with Crippen molar-refractivity contribution in [3.63, 3.8) is 0 Å².